The van der Waals surface area contributed by atoms with Crippen LogP contribution in [0.3, 0.4) is 0 Å². The second kappa shape index (κ2) is 4.30. The van der Waals surface area contributed by atoms with Gasteiger partial charge in [0.1, 0.15) is 5.44 Å². The van der Waals surface area contributed by atoms with E-state index in [-0.39, 0.29) is 11.5 Å². The van der Waals surface area contributed by atoms with Crippen LogP contribution >= 0.6 is 11.8 Å². The minimum Gasteiger partial charge on any atom is -0.389 e. The molecule has 0 radical (unpaired) electrons. The number of thioether (sulfide) groups is 1. The Hall–Kier alpha value is 0.230. The Morgan fingerprint density at radius 2 is 2.27 bits per heavy atom. The van der Waals surface area contributed by atoms with E-state index in [0.29, 0.717) is 11.9 Å². The highest BCUT2D eigenvalue weighted by Crippen LogP contribution is 2.34. The summed E-state index contributed by atoms with van der Waals surface area (Å²) >= 11 is 1.65. The first-order valence-corrected chi connectivity index (χ1v) is 4.57. The molecule has 1 saturated heterocycles. The summed E-state index contributed by atoms with van der Waals surface area (Å²) in [7, 11) is 3.29. The lowest BCUT2D eigenvalue weighted by Gasteiger charge is -2.09. The van der Waals surface area contributed by atoms with Crippen molar-refractivity contribution in [3.63, 3.8) is 0 Å². The predicted molar refractivity (Wildman–Crippen MR) is 44.7 cm³/mol. The van der Waals surface area contributed by atoms with Gasteiger partial charge in [0.2, 0.25) is 0 Å². The summed E-state index contributed by atoms with van der Waals surface area (Å²) in [4.78, 5) is 0. The van der Waals surface area contributed by atoms with Crippen LogP contribution in [0.25, 0.3) is 0 Å². The zero-order valence-corrected chi connectivity index (χ0v) is 7.63. The monoisotopic (exact) mass is 178 g/mol. The normalized spacial score (nSPS) is 37.9. The molecular weight excluding hydrogens is 164 g/mol. The highest BCUT2D eigenvalue weighted by atomic mass is 32.2. The molecule has 0 amide bonds. The van der Waals surface area contributed by atoms with Crippen LogP contribution in [0.2, 0.25) is 0 Å². The molecule has 1 N–H and O–H groups in total. The fraction of sp³-hybridized carbons (Fsp3) is 1.00. The van der Waals surface area contributed by atoms with Gasteiger partial charge in [-0.25, -0.2) is 0 Å². The number of methoxy groups -OCH3 is 2. The molecule has 1 heterocycles. The molecule has 3 unspecified atom stereocenters. The molecule has 1 fully saturated rings. The van der Waals surface area contributed by atoms with Crippen LogP contribution in [-0.2, 0) is 9.47 Å². The largest absolute Gasteiger partial charge is 0.389 e. The van der Waals surface area contributed by atoms with Crippen LogP contribution in [0.5, 0.6) is 0 Å². The molecule has 1 aliphatic rings. The Labute approximate surface area is 71.1 Å². The molecule has 0 aromatic rings. The van der Waals surface area contributed by atoms with Crippen molar-refractivity contribution in [3.8, 4) is 0 Å². The zero-order valence-electron chi connectivity index (χ0n) is 6.82. The molecule has 0 bridgehead atoms. The first kappa shape index (κ1) is 9.32. The van der Waals surface area contributed by atoms with Crippen LogP contribution in [0.15, 0.2) is 0 Å². The second-order valence-corrected chi connectivity index (χ2v) is 4.02. The van der Waals surface area contributed by atoms with E-state index < -0.39 is 0 Å². The SMILES string of the molecule is COCC1CC(O)C(OC)S1. The van der Waals surface area contributed by atoms with Crippen LogP contribution in [0, 0.1) is 0 Å². The molecule has 0 spiro atoms. The number of aliphatic hydroxyl groups is 1. The molecule has 0 saturated carbocycles. The Balaban J connectivity index is 2.30. The number of hydrogen-bond acceptors (Lipinski definition) is 4. The van der Waals surface area contributed by atoms with Crippen LogP contribution in [0.1, 0.15) is 6.42 Å². The summed E-state index contributed by atoms with van der Waals surface area (Å²) in [6, 6.07) is 0. The summed E-state index contributed by atoms with van der Waals surface area (Å²) in [5.41, 5.74) is -0.0600. The molecule has 66 valence electrons. The van der Waals surface area contributed by atoms with Gasteiger partial charge in [0.05, 0.1) is 12.7 Å². The van der Waals surface area contributed by atoms with Gasteiger partial charge in [-0.2, -0.15) is 0 Å². The van der Waals surface area contributed by atoms with E-state index in [4.69, 9.17) is 9.47 Å². The van der Waals surface area contributed by atoms with E-state index >= 15 is 0 Å². The quantitative estimate of drug-likeness (QED) is 0.682. The van der Waals surface area contributed by atoms with Crippen molar-refractivity contribution in [2.24, 2.45) is 0 Å². The molecule has 11 heavy (non-hydrogen) atoms. The van der Waals surface area contributed by atoms with E-state index in [1.54, 1.807) is 26.0 Å². The number of aliphatic hydroxyl groups excluding tert-OH is 1. The lowest BCUT2D eigenvalue weighted by Crippen LogP contribution is -2.18. The van der Waals surface area contributed by atoms with Gasteiger partial charge in [-0.1, -0.05) is 0 Å². The average Bonchev–Trinajstić information content (AvgIpc) is 2.32. The molecule has 1 rings (SSSR count). The van der Waals surface area contributed by atoms with Crippen molar-refractivity contribution in [2.75, 3.05) is 20.8 Å². The van der Waals surface area contributed by atoms with E-state index in [0.717, 1.165) is 6.42 Å². The predicted octanol–water partition coefficient (Wildman–Crippen LogP) is 0.472. The molecular formula is C7H14O3S. The van der Waals surface area contributed by atoms with Crippen LogP contribution in [-0.4, -0.2) is 42.7 Å². The fourth-order valence-corrected chi connectivity index (χ4v) is 2.53. The van der Waals surface area contributed by atoms with E-state index in [1.807, 2.05) is 0 Å². The standard InChI is InChI=1S/C7H14O3S/c1-9-4-5-3-6(8)7(10-2)11-5/h5-8H,3-4H2,1-2H3. The Kier molecular flexibility index (Phi) is 3.65. The highest BCUT2D eigenvalue weighted by molar-refractivity contribution is 8.00. The summed E-state index contributed by atoms with van der Waals surface area (Å²) in [5.74, 6) is 0. The maximum Gasteiger partial charge on any atom is 0.129 e. The molecule has 0 aliphatic carbocycles. The van der Waals surface area contributed by atoms with Crippen molar-refractivity contribution < 1.29 is 14.6 Å². The fourth-order valence-electron chi connectivity index (χ4n) is 1.22. The third kappa shape index (κ3) is 2.33. The van der Waals surface area contributed by atoms with Crippen molar-refractivity contribution in [2.45, 2.75) is 23.2 Å². The third-order valence-corrected chi connectivity index (χ3v) is 3.22. The summed E-state index contributed by atoms with van der Waals surface area (Å²) in [6.07, 6.45) is 0.446. The Morgan fingerprint density at radius 3 is 2.73 bits per heavy atom. The molecule has 4 heteroatoms. The molecule has 0 aromatic carbocycles. The Bertz CT molecular complexity index is 120. The van der Waals surface area contributed by atoms with Crippen molar-refractivity contribution in [3.05, 3.63) is 0 Å². The van der Waals surface area contributed by atoms with E-state index in [9.17, 15) is 5.11 Å². The maximum atomic E-state index is 9.38. The lowest BCUT2D eigenvalue weighted by molar-refractivity contribution is 0.0445. The number of ether oxygens (including phenoxy) is 2. The topological polar surface area (TPSA) is 38.7 Å². The first-order valence-electron chi connectivity index (χ1n) is 3.63. The van der Waals surface area contributed by atoms with Crippen molar-refractivity contribution in [1.82, 2.24) is 0 Å². The summed E-state index contributed by atoms with van der Waals surface area (Å²) < 4.78 is 10.0. The van der Waals surface area contributed by atoms with Gasteiger partial charge in [-0.3, -0.25) is 0 Å². The summed E-state index contributed by atoms with van der Waals surface area (Å²) in [6.45, 7) is 0.696. The van der Waals surface area contributed by atoms with E-state index in [1.165, 1.54) is 0 Å². The molecule has 0 aromatic heterocycles. The summed E-state index contributed by atoms with van der Waals surface area (Å²) in [5, 5.41) is 9.77. The Morgan fingerprint density at radius 1 is 1.55 bits per heavy atom. The lowest BCUT2D eigenvalue weighted by atomic mass is 10.2. The smallest absolute Gasteiger partial charge is 0.129 e. The number of rotatable bonds is 3. The van der Waals surface area contributed by atoms with Gasteiger partial charge in [0.15, 0.2) is 0 Å². The van der Waals surface area contributed by atoms with E-state index in [2.05, 4.69) is 0 Å². The van der Waals surface area contributed by atoms with Gasteiger partial charge in [-0.15, -0.1) is 11.8 Å². The van der Waals surface area contributed by atoms with Gasteiger partial charge >= 0.3 is 0 Å². The third-order valence-electron chi connectivity index (χ3n) is 1.73. The van der Waals surface area contributed by atoms with Gasteiger partial charge in [0.25, 0.3) is 0 Å². The van der Waals surface area contributed by atoms with Crippen LogP contribution in [0.4, 0.5) is 0 Å². The van der Waals surface area contributed by atoms with Gasteiger partial charge < -0.3 is 14.6 Å². The minimum atomic E-state index is -0.329. The molecule has 3 nitrogen and oxygen atoms in total. The number of hydrogen-bond donors (Lipinski definition) is 1. The zero-order chi connectivity index (χ0) is 8.27. The second-order valence-electron chi connectivity index (χ2n) is 2.62. The highest BCUT2D eigenvalue weighted by Gasteiger charge is 2.33. The first-order chi connectivity index (χ1) is 5.27. The van der Waals surface area contributed by atoms with Gasteiger partial charge in [-0.05, 0) is 6.42 Å². The minimum absolute atomic E-state index is 0.0600. The average molecular weight is 178 g/mol. The molecule has 1 aliphatic heterocycles. The van der Waals surface area contributed by atoms with Crippen molar-refractivity contribution >= 4 is 11.8 Å². The van der Waals surface area contributed by atoms with Crippen LogP contribution < -0.4 is 0 Å². The van der Waals surface area contributed by atoms with Crippen molar-refractivity contribution in [1.29, 1.82) is 0 Å². The maximum absolute atomic E-state index is 9.38. The molecule has 3 atom stereocenters. The van der Waals surface area contributed by atoms with Gasteiger partial charge in [0, 0.05) is 19.5 Å².